The van der Waals surface area contributed by atoms with Gasteiger partial charge < -0.3 is 15.9 Å². The largest absolute Gasteiger partial charge is 0.486 e. The summed E-state index contributed by atoms with van der Waals surface area (Å²) in [6.07, 6.45) is 0. The fraction of sp³-hybridized carbons (Fsp3) is 0.438. The Labute approximate surface area is 145 Å². The Bertz CT molecular complexity index is 670. The molecule has 0 spiro atoms. The monoisotopic (exact) mass is 349 g/mol. The average molecular weight is 349 g/mol. The van der Waals surface area contributed by atoms with Gasteiger partial charge in [-0.25, -0.2) is 4.68 Å². The molecule has 8 heteroatoms. The Morgan fingerprint density at radius 3 is 2.67 bits per heavy atom. The molecule has 0 saturated heterocycles. The molecule has 1 heterocycles. The van der Waals surface area contributed by atoms with Gasteiger partial charge in [-0.3, -0.25) is 4.79 Å². The van der Waals surface area contributed by atoms with Crippen molar-refractivity contribution in [2.45, 2.75) is 38.5 Å². The molecule has 130 valence electrons. The van der Waals surface area contributed by atoms with Crippen LogP contribution in [0.25, 0.3) is 0 Å². The molecule has 24 heavy (non-hydrogen) atoms. The molecule has 2 aromatic rings. The van der Waals surface area contributed by atoms with Gasteiger partial charge in [0, 0.05) is 6.54 Å². The molecule has 3 N–H and O–H groups in total. The van der Waals surface area contributed by atoms with Crippen molar-refractivity contribution < 1.29 is 9.53 Å². The van der Waals surface area contributed by atoms with Gasteiger partial charge in [0.1, 0.15) is 12.4 Å². The molecule has 0 aliphatic carbocycles. The zero-order valence-electron chi connectivity index (χ0n) is 14.2. The van der Waals surface area contributed by atoms with Gasteiger partial charge >= 0.3 is 0 Å². The van der Waals surface area contributed by atoms with E-state index in [-0.39, 0.29) is 18.3 Å². The number of hydrogen-bond donors (Lipinski definition) is 2. The maximum atomic E-state index is 11.5. The third-order valence-corrected chi connectivity index (χ3v) is 4.30. The number of amides is 1. The van der Waals surface area contributed by atoms with Crippen LogP contribution in [0, 0.1) is 0 Å². The van der Waals surface area contributed by atoms with Crippen LogP contribution in [0.15, 0.2) is 29.4 Å². The minimum absolute atomic E-state index is 0.0615. The number of nitrogens with zero attached hydrogens (tertiary/aromatic N) is 3. The second kappa shape index (κ2) is 8.58. The number of hydrogen-bond acceptors (Lipinski definition) is 6. The van der Waals surface area contributed by atoms with E-state index in [1.54, 1.807) is 0 Å². The molecule has 0 radical (unpaired) electrons. The van der Waals surface area contributed by atoms with Crippen molar-refractivity contribution in [2.75, 3.05) is 18.1 Å². The van der Waals surface area contributed by atoms with Crippen molar-refractivity contribution in [3.63, 3.8) is 0 Å². The summed E-state index contributed by atoms with van der Waals surface area (Å²) in [5.41, 5.74) is 1.26. The van der Waals surface area contributed by atoms with Crippen molar-refractivity contribution in [1.29, 1.82) is 0 Å². The highest BCUT2D eigenvalue weighted by atomic mass is 32.2. The first-order chi connectivity index (χ1) is 11.5. The predicted octanol–water partition coefficient (Wildman–Crippen LogP) is 1.92. The van der Waals surface area contributed by atoms with Gasteiger partial charge in [0.2, 0.25) is 11.1 Å². The van der Waals surface area contributed by atoms with E-state index >= 15 is 0 Å². The van der Waals surface area contributed by atoms with Gasteiger partial charge in [-0.1, -0.05) is 37.7 Å². The predicted molar refractivity (Wildman–Crippen MR) is 94.4 cm³/mol. The molecule has 1 aromatic heterocycles. The maximum absolute atomic E-state index is 11.5. The van der Waals surface area contributed by atoms with Crippen LogP contribution in [0.5, 0.6) is 5.75 Å². The van der Waals surface area contributed by atoms with E-state index in [4.69, 9.17) is 10.6 Å². The fourth-order valence-corrected chi connectivity index (χ4v) is 2.68. The number of rotatable bonds is 8. The van der Waals surface area contributed by atoms with Crippen LogP contribution in [0.2, 0.25) is 0 Å². The van der Waals surface area contributed by atoms with Crippen LogP contribution < -0.4 is 15.9 Å². The molecule has 0 aliphatic heterocycles. The van der Waals surface area contributed by atoms with Crippen molar-refractivity contribution in [3.8, 4) is 5.75 Å². The lowest BCUT2D eigenvalue weighted by molar-refractivity contribution is -0.118. The van der Waals surface area contributed by atoms with Crippen molar-refractivity contribution in [1.82, 2.24) is 20.2 Å². The minimum atomic E-state index is -0.0615. The summed E-state index contributed by atoms with van der Waals surface area (Å²) in [4.78, 5) is 11.5. The number of aromatic nitrogens is 3. The Morgan fingerprint density at radius 1 is 1.33 bits per heavy atom. The molecule has 0 saturated carbocycles. The summed E-state index contributed by atoms with van der Waals surface area (Å²) < 4.78 is 7.05. The van der Waals surface area contributed by atoms with E-state index in [1.807, 2.05) is 31.2 Å². The van der Waals surface area contributed by atoms with E-state index < -0.39 is 0 Å². The van der Waals surface area contributed by atoms with Crippen LogP contribution in [-0.4, -0.2) is 33.1 Å². The number of nitrogen functional groups attached to an aromatic ring is 1. The average Bonchev–Trinajstić information content (AvgIpc) is 2.92. The summed E-state index contributed by atoms with van der Waals surface area (Å²) in [6.45, 7) is 6.98. The van der Waals surface area contributed by atoms with Crippen LogP contribution in [0.3, 0.4) is 0 Å². The summed E-state index contributed by atoms with van der Waals surface area (Å²) in [6, 6.07) is 7.94. The Balaban J connectivity index is 1.90. The van der Waals surface area contributed by atoms with Crippen molar-refractivity contribution in [3.05, 3.63) is 35.7 Å². The van der Waals surface area contributed by atoms with Gasteiger partial charge in [0.15, 0.2) is 5.82 Å². The highest BCUT2D eigenvalue weighted by Gasteiger charge is 2.12. The highest BCUT2D eigenvalue weighted by molar-refractivity contribution is 7.99. The van der Waals surface area contributed by atoms with Crippen LogP contribution in [-0.2, 0) is 11.4 Å². The normalized spacial score (nSPS) is 10.8. The Hall–Kier alpha value is -2.22. The molecule has 0 fully saturated rings. The third-order valence-electron chi connectivity index (χ3n) is 3.36. The van der Waals surface area contributed by atoms with Gasteiger partial charge in [0.05, 0.1) is 5.75 Å². The van der Waals surface area contributed by atoms with E-state index in [9.17, 15) is 4.79 Å². The molecule has 0 bridgehead atoms. The molecular weight excluding hydrogens is 326 g/mol. The number of carbonyl (C=O) groups is 1. The zero-order chi connectivity index (χ0) is 17.5. The van der Waals surface area contributed by atoms with Crippen molar-refractivity contribution >= 4 is 17.7 Å². The zero-order valence-corrected chi connectivity index (χ0v) is 15.0. The lowest BCUT2D eigenvalue weighted by Crippen LogP contribution is -2.25. The molecular formula is C16H23N5O2S. The highest BCUT2D eigenvalue weighted by Crippen LogP contribution is 2.20. The first kappa shape index (κ1) is 18.1. The quantitative estimate of drug-likeness (QED) is 0.558. The number of ether oxygens (including phenoxy) is 1. The van der Waals surface area contributed by atoms with Gasteiger partial charge in [-0.2, -0.15) is 0 Å². The van der Waals surface area contributed by atoms with Crippen molar-refractivity contribution in [2.24, 2.45) is 0 Å². The minimum Gasteiger partial charge on any atom is -0.486 e. The molecule has 0 unspecified atom stereocenters. The first-order valence-corrected chi connectivity index (χ1v) is 8.81. The number of nitrogens with two attached hydrogens (primary N) is 1. The second-order valence-electron chi connectivity index (χ2n) is 5.52. The SMILES string of the molecule is CCNC(=O)CSc1nnc(COc2ccc(C(C)C)cc2)n1N. The van der Waals surface area contributed by atoms with E-state index in [1.165, 1.54) is 22.0 Å². The summed E-state index contributed by atoms with van der Waals surface area (Å²) in [5, 5.41) is 11.2. The van der Waals surface area contributed by atoms with Gasteiger partial charge in [-0.15, -0.1) is 10.2 Å². The Morgan fingerprint density at radius 2 is 2.04 bits per heavy atom. The van der Waals surface area contributed by atoms with Crippen LogP contribution in [0.1, 0.15) is 38.1 Å². The molecule has 1 aromatic carbocycles. The molecule has 1 amide bonds. The summed E-state index contributed by atoms with van der Waals surface area (Å²) in [7, 11) is 0. The molecule has 7 nitrogen and oxygen atoms in total. The fourth-order valence-electron chi connectivity index (χ4n) is 1.98. The van der Waals surface area contributed by atoms with E-state index in [2.05, 4.69) is 29.4 Å². The standard InChI is InChI=1S/C16H23N5O2S/c1-4-18-15(22)10-24-16-20-19-14(21(16)17)9-23-13-7-5-12(6-8-13)11(2)3/h5-8,11H,4,9-10,17H2,1-3H3,(H,18,22). The lowest BCUT2D eigenvalue weighted by atomic mass is 10.0. The molecule has 0 aliphatic rings. The van der Waals surface area contributed by atoms with Crippen LogP contribution in [0.4, 0.5) is 0 Å². The number of nitrogens with one attached hydrogen (secondary N) is 1. The number of benzene rings is 1. The van der Waals surface area contributed by atoms with E-state index in [0.717, 1.165) is 5.75 Å². The summed E-state index contributed by atoms with van der Waals surface area (Å²) in [5.74, 6) is 7.87. The molecule has 2 rings (SSSR count). The lowest BCUT2D eigenvalue weighted by Gasteiger charge is -2.09. The second-order valence-corrected chi connectivity index (χ2v) is 6.47. The maximum Gasteiger partial charge on any atom is 0.230 e. The topological polar surface area (TPSA) is 95.1 Å². The Kier molecular flexibility index (Phi) is 6.48. The third kappa shape index (κ3) is 4.89. The molecule has 0 atom stereocenters. The van der Waals surface area contributed by atoms with Gasteiger partial charge in [0.25, 0.3) is 0 Å². The number of carbonyl (C=O) groups excluding carboxylic acids is 1. The summed E-state index contributed by atoms with van der Waals surface area (Å²) >= 11 is 1.24. The van der Waals surface area contributed by atoms with Crippen LogP contribution >= 0.6 is 11.8 Å². The number of thioether (sulfide) groups is 1. The van der Waals surface area contributed by atoms with E-state index in [0.29, 0.717) is 23.4 Å². The first-order valence-electron chi connectivity index (χ1n) is 7.82. The van der Waals surface area contributed by atoms with Gasteiger partial charge in [-0.05, 0) is 30.5 Å². The smallest absolute Gasteiger partial charge is 0.230 e.